The molecule has 0 amide bonds. The van der Waals surface area contributed by atoms with E-state index in [-0.39, 0.29) is 18.3 Å². The molecule has 0 spiro atoms. The van der Waals surface area contributed by atoms with Gasteiger partial charge in [0, 0.05) is 18.3 Å². The summed E-state index contributed by atoms with van der Waals surface area (Å²) in [4.78, 5) is 11.7. The Bertz CT molecular complexity index is 386. The molecule has 0 bridgehead atoms. The Balaban J connectivity index is 1.92. The SMILES string of the molecule is [2H]C1([2H])C(=O)CCC(C2CCC(CCCCC)CC2)C1([2H])[2H]. The predicted octanol–water partition coefficient (Wildman–Crippen LogP) is 5.13. The van der Waals surface area contributed by atoms with E-state index in [9.17, 15) is 4.79 Å². The maximum atomic E-state index is 11.7. The van der Waals surface area contributed by atoms with Gasteiger partial charge in [-0.05, 0) is 43.4 Å². The largest absolute Gasteiger partial charge is 0.300 e. The second kappa shape index (κ2) is 7.31. The van der Waals surface area contributed by atoms with Crippen molar-refractivity contribution in [3.63, 3.8) is 0 Å². The third kappa shape index (κ3) is 4.10. The summed E-state index contributed by atoms with van der Waals surface area (Å²) < 4.78 is 32.2. The molecule has 2 fully saturated rings. The molecule has 0 N–H and O–H groups in total. The first-order valence-electron chi connectivity index (χ1n) is 9.84. The lowest BCUT2D eigenvalue weighted by atomic mass is 9.70. The molecule has 1 atom stereocenters. The maximum Gasteiger partial charge on any atom is 0.132 e. The van der Waals surface area contributed by atoms with Crippen LogP contribution in [-0.4, -0.2) is 5.78 Å². The monoisotopic (exact) mass is 254 g/mol. The van der Waals surface area contributed by atoms with Crippen LogP contribution in [0.3, 0.4) is 0 Å². The van der Waals surface area contributed by atoms with E-state index in [0.29, 0.717) is 6.42 Å². The van der Waals surface area contributed by atoms with Gasteiger partial charge in [-0.2, -0.15) is 0 Å². The molecule has 2 aliphatic carbocycles. The van der Waals surface area contributed by atoms with Gasteiger partial charge < -0.3 is 0 Å². The Hall–Kier alpha value is -0.330. The van der Waals surface area contributed by atoms with Crippen LogP contribution in [-0.2, 0) is 4.79 Å². The van der Waals surface area contributed by atoms with Crippen LogP contribution in [0.4, 0.5) is 0 Å². The highest BCUT2D eigenvalue weighted by Crippen LogP contribution is 2.40. The zero-order valence-corrected chi connectivity index (χ0v) is 11.7. The zero-order valence-electron chi connectivity index (χ0n) is 15.7. The Morgan fingerprint density at radius 1 is 1.11 bits per heavy atom. The second-order valence-corrected chi connectivity index (χ2v) is 6.11. The van der Waals surface area contributed by atoms with Gasteiger partial charge in [0.2, 0.25) is 0 Å². The van der Waals surface area contributed by atoms with Crippen molar-refractivity contribution < 1.29 is 10.3 Å². The fraction of sp³-hybridized carbons (Fsp3) is 0.941. The summed E-state index contributed by atoms with van der Waals surface area (Å²) in [5, 5.41) is 0. The Labute approximate surface area is 118 Å². The van der Waals surface area contributed by atoms with Crippen LogP contribution in [0.15, 0.2) is 0 Å². The molecule has 2 aliphatic rings. The van der Waals surface area contributed by atoms with Gasteiger partial charge in [0.25, 0.3) is 0 Å². The molecular weight excluding hydrogens is 220 g/mol. The number of Topliss-reactive ketones (excluding diaryl/α,β-unsaturated/α-hetero) is 1. The molecule has 2 saturated carbocycles. The van der Waals surface area contributed by atoms with Gasteiger partial charge in [0.1, 0.15) is 5.78 Å². The van der Waals surface area contributed by atoms with Crippen molar-refractivity contribution in [1.82, 2.24) is 0 Å². The fourth-order valence-corrected chi connectivity index (χ4v) is 3.51. The number of unbranched alkanes of at least 4 members (excludes halogenated alkanes) is 2. The van der Waals surface area contributed by atoms with E-state index in [1.54, 1.807) is 0 Å². The van der Waals surface area contributed by atoms with E-state index in [1.807, 2.05) is 0 Å². The number of carbonyl (C=O) groups is 1. The first-order chi connectivity index (χ1) is 10.3. The average Bonchev–Trinajstić information content (AvgIpc) is 2.47. The molecule has 1 nitrogen and oxygen atoms in total. The molecule has 2 rings (SSSR count). The minimum atomic E-state index is -2.31. The molecule has 0 radical (unpaired) electrons. The summed E-state index contributed by atoms with van der Waals surface area (Å²) in [5.41, 5.74) is 0. The molecule has 18 heavy (non-hydrogen) atoms. The maximum absolute atomic E-state index is 11.7. The lowest BCUT2D eigenvalue weighted by Crippen LogP contribution is -2.25. The molecule has 0 saturated heterocycles. The highest BCUT2D eigenvalue weighted by molar-refractivity contribution is 5.79. The van der Waals surface area contributed by atoms with E-state index in [2.05, 4.69) is 6.92 Å². The first kappa shape index (κ1) is 9.55. The molecule has 0 heterocycles. The van der Waals surface area contributed by atoms with Crippen LogP contribution in [0.5, 0.6) is 0 Å². The summed E-state index contributed by atoms with van der Waals surface area (Å²) >= 11 is 0. The molecule has 104 valence electrons. The van der Waals surface area contributed by atoms with Crippen molar-refractivity contribution in [1.29, 1.82) is 0 Å². The molecule has 1 unspecified atom stereocenters. The lowest BCUT2D eigenvalue weighted by Gasteiger charge is -2.35. The topological polar surface area (TPSA) is 17.1 Å². The molecule has 0 aromatic rings. The third-order valence-electron chi connectivity index (χ3n) is 4.76. The van der Waals surface area contributed by atoms with Gasteiger partial charge in [0.15, 0.2) is 0 Å². The van der Waals surface area contributed by atoms with Crippen molar-refractivity contribution >= 4 is 5.78 Å². The van der Waals surface area contributed by atoms with Gasteiger partial charge >= 0.3 is 0 Å². The van der Waals surface area contributed by atoms with Gasteiger partial charge in [-0.15, -0.1) is 0 Å². The van der Waals surface area contributed by atoms with E-state index in [1.165, 1.54) is 25.7 Å². The summed E-state index contributed by atoms with van der Waals surface area (Å²) in [6.07, 6.45) is 5.85. The number of hydrogen-bond acceptors (Lipinski definition) is 1. The summed E-state index contributed by atoms with van der Waals surface area (Å²) in [6, 6.07) is 0. The Kier molecular flexibility index (Phi) is 3.88. The Morgan fingerprint density at radius 2 is 1.89 bits per heavy atom. The van der Waals surface area contributed by atoms with Crippen molar-refractivity contribution in [2.45, 2.75) is 83.9 Å². The average molecular weight is 254 g/mol. The summed E-state index contributed by atoms with van der Waals surface area (Å²) in [6.45, 7) is 2.22. The standard InChI is InChI=1S/C17H30O/c1-2-3-4-5-14-6-8-15(9-7-14)16-10-12-17(18)13-11-16/h14-16H,2-13H2,1H3/i10D2,12D2. The van der Waals surface area contributed by atoms with E-state index < -0.39 is 18.5 Å². The fourth-order valence-electron chi connectivity index (χ4n) is 3.51. The Morgan fingerprint density at radius 3 is 2.61 bits per heavy atom. The molecule has 0 aliphatic heterocycles. The highest BCUT2D eigenvalue weighted by atomic mass is 16.1. The molecule has 0 aromatic heterocycles. The molecule has 1 heteroatoms. The zero-order chi connectivity index (χ0) is 16.4. The quantitative estimate of drug-likeness (QED) is 0.621. The molecular formula is C17H30O. The van der Waals surface area contributed by atoms with Gasteiger partial charge in [-0.25, -0.2) is 0 Å². The van der Waals surface area contributed by atoms with Crippen LogP contribution in [0.25, 0.3) is 0 Å². The van der Waals surface area contributed by atoms with Gasteiger partial charge in [0.05, 0.1) is 0 Å². The summed E-state index contributed by atoms with van der Waals surface area (Å²) in [5.74, 6) is 0.176. The van der Waals surface area contributed by atoms with Crippen LogP contribution in [0, 0.1) is 17.8 Å². The normalized spacial score (nSPS) is 42.5. The smallest absolute Gasteiger partial charge is 0.132 e. The van der Waals surface area contributed by atoms with E-state index in [0.717, 1.165) is 31.6 Å². The number of ketones is 1. The minimum Gasteiger partial charge on any atom is -0.300 e. The number of rotatable bonds is 5. The van der Waals surface area contributed by atoms with Crippen molar-refractivity contribution in [2.24, 2.45) is 17.8 Å². The minimum absolute atomic E-state index is 0.202. The number of hydrogen-bond donors (Lipinski definition) is 0. The van der Waals surface area contributed by atoms with Crippen LogP contribution in [0.1, 0.15) is 89.4 Å². The van der Waals surface area contributed by atoms with Crippen LogP contribution in [0.2, 0.25) is 0 Å². The van der Waals surface area contributed by atoms with Gasteiger partial charge in [-0.3, -0.25) is 4.79 Å². The number of carbonyl (C=O) groups excluding carboxylic acids is 1. The predicted molar refractivity (Wildman–Crippen MR) is 76.6 cm³/mol. The van der Waals surface area contributed by atoms with Crippen LogP contribution >= 0.6 is 0 Å². The van der Waals surface area contributed by atoms with Crippen molar-refractivity contribution in [3.05, 3.63) is 0 Å². The van der Waals surface area contributed by atoms with Gasteiger partial charge in [-0.1, -0.05) is 45.4 Å². The van der Waals surface area contributed by atoms with Crippen molar-refractivity contribution in [2.75, 3.05) is 0 Å². The van der Waals surface area contributed by atoms with E-state index >= 15 is 0 Å². The molecule has 0 aromatic carbocycles. The lowest BCUT2D eigenvalue weighted by molar-refractivity contribution is -0.121. The highest BCUT2D eigenvalue weighted by Gasteiger charge is 2.29. The van der Waals surface area contributed by atoms with E-state index in [4.69, 9.17) is 5.48 Å². The first-order valence-corrected chi connectivity index (χ1v) is 7.84. The third-order valence-corrected chi connectivity index (χ3v) is 4.76. The van der Waals surface area contributed by atoms with Crippen molar-refractivity contribution in [3.8, 4) is 0 Å². The summed E-state index contributed by atoms with van der Waals surface area (Å²) in [7, 11) is 0. The second-order valence-electron chi connectivity index (χ2n) is 6.11. The van der Waals surface area contributed by atoms with Crippen LogP contribution < -0.4 is 0 Å².